The number of amides is 3. The van der Waals surface area contributed by atoms with Crippen LogP contribution in [0.2, 0.25) is 0 Å². The number of hydrogen-bond acceptors (Lipinski definition) is 8. The minimum atomic E-state index is -1.07. The minimum absolute atomic E-state index is 0.0174. The Labute approximate surface area is 210 Å². The number of unbranched alkanes of at least 4 members (excludes halogenated alkanes) is 1. The number of aliphatic hydroxyl groups excluding tert-OH is 1. The molecule has 11 heteroatoms. The first-order valence-electron chi connectivity index (χ1n) is 12.2. The molecule has 1 saturated heterocycles. The zero-order valence-electron chi connectivity index (χ0n) is 21.1. The van der Waals surface area contributed by atoms with Crippen molar-refractivity contribution in [3.05, 3.63) is 28.6 Å². The molecule has 0 spiro atoms. The van der Waals surface area contributed by atoms with Gasteiger partial charge in [-0.1, -0.05) is 0 Å². The lowest BCUT2D eigenvalue weighted by Gasteiger charge is -2.26. The highest BCUT2D eigenvalue weighted by molar-refractivity contribution is 5.96. The molecule has 36 heavy (non-hydrogen) atoms. The van der Waals surface area contributed by atoms with Gasteiger partial charge in [0.1, 0.15) is 0 Å². The number of hydrogen-bond donors (Lipinski definition) is 4. The van der Waals surface area contributed by atoms with Gasteiger partial charge in [0.05, 0.1) is 23.8 Å². The van der Waals surface area contributed by atoms with E-state index in [0.29, 0.717) is 37.1 Å². The van der Waals surface area contributed by atoms with Crippen LogP contribution in [-0.4, -0.2) is 71.9 Å². The second kappa shape index (κ2) is 14.3. The van der Waals surface area contributed by atoms with Gasteiger partial charge in [0.25, 0.3) is 0 Å². The summed E-state index contributed by atoms with van der Waals surface area (Å²) >= 11 is 0. The Hall–Kier alpha value is -3.34. The third-order valence-corrected chi connectivity index (χ3v) is 5.98. The van der Waals surface area contributed by atoms with Gasteiger partial charge >= 0.3 is 5.97 Å². The maximum Gasteiger partial charge on any atom is 0.340 e. The van der Waals surface area contributed by atoms with Gasteiger partial charge in [-0.15, -0.1) is 0 Å². The van der Waals surface area contributed by atoms with Gasteiger partial charge in [-0.25, -0.2) is 4.79 Å². The van der Waals surface area contributed by atoms with Crippen LogP contribution in [0.5, 0.6) is 0 Å². The number of pyridine rings is 1. The lowest BCUT2D eigenvalue weighted by molar-refractivity contribution is -0.132. The molecule has 0 aromatic carbocycles. The number of piperidine rings is 1. The van der Waals surface area contributed by atoms with E-state index in [2.05, 4.69) is 20.9 Å². The summed E-state index contributed by atoms with van der Waals surface area (Å²) < 4.78 is 5.25. The molecule has 1 aromatic rings. The fourth-order valence-electron chi connectivity index (χ4n) is 4.17. The van der Waals surface area contributed by atoms with E-state index in [-0.39, 0.29) is 43.4 Å². The maximum absolute atomic E-state index is 13.0. The summed E-state index contributed by atoms with van der Waals surface area (Å²) in [6, 6.07) is 0.678. The molecule has 2 atom stereocenters. The van der Waals surface area contributed by atoms with E-state index in [1.807, 2.05) is 6.92 Å². The van der Waals surface area contributed by atoms with Gasteiger partial charge in [0.2, 0.25) is 17.7 Å². The van der Waals surface area contributed by atoms with Crippen molar-refractivity contribution in [1.29, 1.82) is 0 Å². The first-order valence-corrected chi connectivity index (χ1v) is 12.2. The molecule has 2 rings (SSSR count). The molecule has 0 saturated carbocycles. The minimum Gasteiger partial charge on any atom is -0.454 e. The Morgan fingerprint density at radius 3 is 2.61 bits per heavy atom. The number of carbonyl (C=O) groups is 5. The number of aliphatic hydroxyl groups is 1. The molecule has 11 nitrogen and oxygen atoms in total. The molecule has 1 aliphatic rings. The number of carbonyl (C=O) groups excluding carboxylic acids is 5. The van der Waals surface area contributed by atoms with Gasteiger partial charge in [-0.3, -0.25) is 24.2 Å². The van der Waals surface area contributed by atoms with Crippen molar-refractivity contribution in [3.8, 4) is 0 Å². The molecule has 2 heterocycles. The van der Waals surface area contributed by atoms with E-state index in [1.54, 1.807) is 19.9 Å². The van der Waals surface area contributed by atoms with E-state index in [1.165, 1.54) is 0 Å². The Morgan fingerprint density at radius 1 is 1.19 bits per heavy atom. The van der Waals surface area contributed by atoms with Crippen LogP contribution in [0, 0.1) is 26.7 Å². The first kappa shape index (κ1) is 28.9. The monoisotopic (exact) mass is 504 g/mol. The van der Waals surface area contributed by atoms with Crippen molar-refractivity contribution in [2.24, 2.45) is 5.92 Å². The summed E-state index contributed by atoms with van der Waals surface area (Å²) in [4.78, 5) is 66.4. The van der Waals surface area contributed by atoms with Crippen molar-refractivity contribution >= 4 is 29.5 Å². The van der Waals surface area contributed by atoms with Crippen LogP contribution in [0.4, 0.5) is 0 Å². The van der Waals surface area contributed by atoms with Crippen molar-refractivity contribution in [2.75, 3.05) is 26.3 Å². The zero-order chi connectivity index (χ0) is 26.7. The van der Waals surface area contributed by atoms with Crippen LogP contribution in [0.15, 0.2) is 6.07 Å². The van der Waals surface area contributed by atoms with E-state index >= 15 is 0 Å². The molecule has 0 aliphatic carbocycles. The highest BCUT2D eigenvalue weighted by atomic mass is 16.5. The van der Waals surface area contributed by atoms with Crippen LogP contribution >= 0.6 is 0 Å². The number of rotatable bonds is 13. The number of esters is 1. The molecular weight excluding hydrogens is 468 g/mol. The number of aryl methyl sites for hydroxylation is 3. The maximum atomic E-state index is 13.0. The van der Waals surface area contributed by atoms with Crippen molar-refractivity contribution in [2.45, 2.75) is 65.3 Å². The lowest BCUT2D eigenvalue weighted by atomic mass is 9.90. The van der Waals surface area contributed by atoms with Crippen LogP contribution < -0.4 is 16.0 Å². The molecule has 1 aliphatic heterocycles. The summed E-state index contributed by atoms with van der Waals surface area (Å²) in [5, 5.41) is 16.6. The average Bonchev–Trinajstić information content (AvgIpc) is 2.81. The molecule has 4 N–H and O–H groups in total. The standard InChI is InChI=1S/C25H36N4O7/c1-15-11-16(2)28-17(3)23(15)25(35)36-14-20(31)19(12-18-7-6-9-26-24(18)34)29-22(33)13-27-21(32)8-4-5-10-30/h11,18-19,30H,4-10,12-14H2,1-3H3,(H,26,34)(H,27,32)(H,29,33)/t18-,19-/m0/s1. The first-order chi connectivity index (χ1) is 17.1. The predicted octanol–water partition coefficient (Wildman–Crippen LogP) is 0.413. The van der Waals surface area contributed by atoms with Gasteiger partial charge in [-0.2, -0.15) is 0 Å². The Balaban J connectivity index is 2.01. The fraction of sp³-hybridized carbons (Fsp3) is 0.600. The smallest absolute Gasteiger partial charge is 0.340 e. The number of ketones is 1. The van der Waals surface area contributed by atoms with Gasteiger partial charge < -0.3 is 25.8 Å². The van der Waals surface area contributed by atoms with E-state index in [4.69, 9.17) is 9.84 Å². The molecule has 1 fully saturated rings. The summed E-state index contributed by atoms with van der Waals surface area (Å²) in [5.74, 6) is -2.86. The molecule has 1 aromatic heterocycles. The number of Topliss-reactive ketones (excluding diaryl/α,β-unsaturated/α-hetero) is 1. The normalized spacial score (nSPS) is 16.0. The fourth-order valence-corrected chi connectivity index (χ4v) is 4.17. The third-order valence-electron chi connectivity index (χ3n) is 5.98. The second-order valence-electron chi connectivity index (χ2n) is 9.03. The molecule has 3 amide bonds. The highest BCUT2D eigenvalue weighted by Gasteiger charge is 2.31. The summed E-state index contributed by atoms with van der Waals surface area (Å²) in [6.07, 6.45) is 2.52. The van der Waals surface area contributed by atoms with Crippen molar-refractivity contribution in [3.63, 3.8) is 0 Å². The van der Waals surface area contributed by atoms with Gasteiger partial charge in [-0.05, 0) is 64.5 Å². The van der Waals surface area contributed by atoms with Crippen LogP contribution in [0.1, 0.15) is 65.8 Å². The van der Waals surface area contributed by atoms with E-state index in [0.717, 1.165) is 12.1 Å². The second-order valence-corrected chi connectivity index (χ2v) is 9.03. The molecule has 0 unspecified atom stereocenters. The van der Waals surface area contributed by atoms with Gasteiger partial charge in [0, 0.05) is 31.2 Å². The topological polar surface area (TPSA) is 164 Å². The van der Waals surface area contributed by atoms with Crippen molar-refractivity contribution < 1.29 is 33.8 Å². The summed E-state index contributed by atoms with van der Waals surface area (Å²) in [6.45, 7) is 4.86. The molecule has 0 bridgehead atoms. The number of nitrogens with zero attached hydrogens (tertiary/aromatic N) is 1. The van der Waals surface area contributed by atoms with Crippen LogP contribution in [0.25, 0.3) is 0 Å². The zero-order valence-corrected chi connectivity index (χ0v) is 21.1. The highest BCUT2D eigenvalue weighted by Crippen LogP contribution is 2.19. The SMILES string of the molecule is Cc1cc(C)c(C(=O)OCC(=O)[C@H](C[C@@H]2CCCNC2=O)NC(=O)CNC(=O)CCCCO)c(C)n1. The molecular formula is C25H36N4O7. The summed E-state index contributed by atoms with van der Waals surface area (Å²) in [7, 11) is 0. The lowest BCUT2D eigenvalue weighted by Crippen LogP contribution is -2.49. The van der Waals surface area contributed by atoms with E-state index in [9.17, 15) is 24.0 Å². The Bertz CT molecular complexity index is 956. The van der Waals surface area contributed by atoms with E-state index < -0.39 is 36.2 Å². The third kappa shape index (κ3) is 9.03. The number of nitrogens with one attached hydrogen (secondary N) is 3. The average molecular weight is 505 g/mol. The number of ether oxygens (including phenoxy) is 1. The molecule has 198 valence electrons. The predicted molar refractivity (Wildman–Crippen MR) is 130 cm³/mol. The summed E-state index contributed by atoms with van der Waals surface area (Å²) in [5.41, 5.74) is 2.20. The Morgan fingerprint density at radius 2 is 1.94 bits per heavy atom. The molecule has 0 radical (unpaired) electrons. The largest absolute Gasteiger partial charge is 0.454 e. The van der Waals surface area contributed by atoms with Crippen molar-refractivity contribution in [1.82, 2.24) is 20.9 Å². The quantitative estimate of drug-likeness (QED) is 0.222. The van der Waals surface area contributed by atoms with Crippen LogP contribution in [0.3, 0.4) is 0 Å². The van der Waals surface area contributed by atoms with Crippen LogP contribution in [-0.2, 0) is 23.9 Å². The Kier molecular flexibility index (Phi) is 11.5. The van der Waals surface area contributed by atoms with Gasteiger partial charge in [0.15, 0.2) is 12.4 Å². The number of aromatic nitrogens is 1.